The van der Waals surface area contributed by atoms with Crippen molar-refractivity contribution >= 4 is 23.1 Å². The van der Waals surface area contributed by atoms with Crippen molar-refractivity contribution in [1.29, 1.82) is 0 Å². The molecular weight excluding hydrogens is 180 g/mol. The van der Waals surface area contributed by atoms with Gasteiger partial charge in [-0.3, -0.25) is 0 Å². The van der Waals surface area contributed by atoms with Gasteiger partial charge in [0.1, 0.15) is 0 Å². The number of rotatable bonds is 1. The second-order valence-electron chi connectivity index (χ2n) is 2.48. The van der Waals surface area contributed by atoms with E-state index in [4.69, 9.17) is 11.5 Å². The van der Waals surface area contributed by atoms with Crippen LogP contribution in [0.3, 0.4) is 0 Å². The molecule has 0 heterocycles. The van der Waals surface area contributed by atoms with Crippen LogP contribution in [0.5, 0.6) is 0 Å². The third kappa shape index (κ3) is 3.19. The van der Waals surface area contributed by atoms with E-state index >= 15 is 0 Å². The summed E-state index contributed by atoms with van der Waals surface area (Å²) < 4.78 is 0. The van der Waals surface area contributed by atoms with Crippen LogP contribution in [-0.4, -0.2) is 6.26 Å². The summed E-state index contributed by atoms with van der Waals surface area (Å²) in [7, 11) is 0. The zero-order valence-electron chi connectivity index (χ0n) is 8.72. The van der Waals surface area contributed by atoms with Crippen LogP contribution in [0, 0.1) is 6.92 Å². The van der Waals surface area contributed by atoms with E-state index in [1.807, 2.05) is 39.2 Å². The number of hydrogen-bond donors (Lipinski definition) is 2. The van der Waals surface area contributed by atoms with Crippen LogP contribution in [0.4, 0.5) is 11.4 Å². The highest BCUT2D eigenvalue weighted by atomic mass is 32.2. The molecule has 0 unspecified atom stereocenters. The van der Waals surface area contributed by atoms with E-state index in [0.29, 0.717) is 0 Å². The average Bonchev–Trinajstić information content (AvgIpc) is 2.07. The van der Waals surface area contributed by atoms with Crippen molar-refractivity contribution in [3.8, 4) is 0 Å². The van der Waals surface area contributed by atoms with Crippen molar-refractivity contribution in [2.24, 2.45) is 0 Å². The van der Waals surface area contributed by atoms with Crippen molar-refractivity contribution in [3.05, 3.63) is 17.7 Å². The SMILES string of the molecule is CC.CSc1c(N)cc(C)cc1N. The van der Waals surface area contributed by atoms with Crippen LogP contribution >= 0.6 is 11.8 Å². The predicted octanol–water partition coefficient (Wildman–Crippen LogP) is 2.91. The summed E-state index contributed by atoms with van der Waals surface area (Å²) in [5.41, 5.74) is 14.1. The van der Waals surface area contributed by atoms with E-state index in [1.165, 1.54) is 0 Å². The average molecular weight is 198 g/mol. The van der Waals surface area contributed by atoms with E-state index in [2.05, 4.69) is 0 Å². The van der Waals surface area contributed by atoms with E-state index in [0.717, 1.165) is 21.8 Å². The van der Waals surface area contributed by atoms with Gasteiger partial charge < -0.3 is 11.5 Å². The Bertz CT molecular complexity index is 249. The van der Waals surface area contributed by atoms with Crippen molar-refractivity contribution < 1.29 is 0 Å². The zero-order chi connectivity index (χ0) is 10.4. The van der Waals surface area contributed by atoms with Crippen LogP contribution in [0.25, 0.3) is 0 Å². The van der Waals surface area contributed by atoms with E-state index in [1.54, 1.807) is 11.8 Å². The highest BCUT2D eigenvalue weighted by Gasteiger charge is 2.02. The van der Waals surface area contributed by atoms with Crippen molar-refractivity contribution in [1.82, 2.24) is 0 Å². The summed E-state index contributed by atoms with van der Waals surface area (Å²) in [5, 5.41) is 0. The molecule has 0 aliphatic rings. The minimum atomic E-state index is 0.773. The molecule has 13 heavy (non-hydrogen) atoms. The summed E-state index contributed by atoms with van der Waals surface area (Å²) in [6, 6.07) is 3.87. The molecule has 0 fully saturated rings. The van der Waals surface area contributed by atoms with Gasteiger partial charge >= 0.3 is 0 Å². The van der Waals surface area contributed by atoms with Gasteiger partial charge in [0, 0.05) is 11.4 Å². The molecule has 74 valence electrons. The van der Waals surface area contributed by atoms with Gasteiger partial charge in [-0.25, -0.2) is 0 Å². The maximum atomic E-state index is 5.73. The molecular formula is C10H18N2S. The summed E-state index contributed by atoms with van der Waals surface area (Å²) in [6.45, 7) is 5.98. The molecule has 1 aromatic carbocycles. The molecule has 0 amide bonds. The highest BCUT2D eigenvalue weighted by molar-refractivity contribution is 7.99. The largest absolute Gasteiger partial charge is 0.398 e. The van der Waals surface area contributed by atoms with Gasteiger partial charge in [-0.15, -0.1) is 11.8 Å². The number of aryl methyl sites for hydroxylation is 1. The van der Waals surface area contributed by atoms with Crippen LogP contribution in [-0.2, 0) is 0 Å². The van der Waals surface area contributed by atoms with Gasteiger partial charge in [-0.2, -0.15) is 0 Å². The van der Waals surface area contributed by atoms with Gasteiger partial charge in [0.2, 0.25) is 0 Å². The fraction of sp³-hybridized carbons (Fsp3) is 0.400. The van der Waals surface area contributed by atoms with E-state index < -0.39 is 0 Å². The first-order valence-corrected chi connectivity index (χ1v) is 5.57. The number of benzene rings is 1. The van der Waals surface area contributed by atoms with Crippen molar-refractivity contribution in [2.75, 3.05) is 17.7 Å². The Morgan fingerprint density at radius 3 is 1.77 bits per heavy atom. The maximum Gasteiger partial charge on any atom is 0.0530 e. The summed E-state index contributed by atoms with van der Waals surface area (Å²) in [5.74, 6) is 0. The van der Waals surface area contributed by atoms with Crippen molar-refractivity contribution in [3.63, 3.8) is 0 Å². The third-order valence-corrected chi connectivity index (χ3v) is 2.37. The molecule has 1 aromatic rings. The molecule has 1 rings (SSSR count). The molecule has 0 atom stereocenters. The van der Waals surface area contributed by atoms with Gasteiger partial charge in [0.15, 0.2) is 0 Å². The minimum absolute atomic E-state index is 0.773. The Kier molecular flexibility index (Phi) is 5.39. The monoisotopic (exact) mass is 198 g/mol. The number of thioether (sulfide) groups is 1. The first-order chi connectivity index (χ1) is 6.15. The van der Waals surface area contributed by atoms with Gasteiger partial charge in [-0.1, -0.05) is 13.8 Å². The quantitative estimate of drug-likeness (QED) is 0.539. The Morgan fingerprint density at radius 2 is 1.46 bits per heavy atom. The summed E-state index contributed by atoms with van der Waals surface area (Å²) in [4.78, 5) is 0.982. The first kappa shape index (κ1) is 12.2. The lowest BCUT2D eigenvalue weighted by atomic mass is 10.2. The van der Waals surface area contributed by atoms with Crippen LogP contribution in [0.2, 0.25) is 0 Å². The van der Waals surface area contributed by atoms with Gasteiger partial charge in [0.05, 0.1) is 4.90 Å². The molecule has 2 nitrogen and oxygen atoms in total. The van der Waals surface area contributed by atoms with Crippen LogP contribution in [0.1, 0.15) is 19.4 Å². The van der Waals surface area contributed by atoms with E-state index in [-0.39, 0.29) is 0 Å². The Labute approximate surface area is 84.7 Å². The molecule has 0 aromatic heterocycles. The second kappa shape index (κ2) is 5.75. The van der Waals surface area contributed by atoms with Crippen LogP contribution < -0.4 is 11.5 Å². The summed E-state index contributed by atoms with van der Waals surface area (Å²) >= 11 is 1.58. The van der Waals surface area contributed by atoms with E-state index in [9.17, 15) is 0 Å². The Balaban J connectivity index is 0.000000671. The number of nitrogen functional groups attached to an aromatic ring is 2. The fourth-order valence-electron chi connectivity index (χ4n) is 1.07. The highest BCUT2D eigenvalue weighted by Crippen LogP contribution is 2.29. The standard InChI is InChI=1S/C8H12N2S.C2H6/c1-5-3-6(9)8(11-2)7(10)4-5;1-2/h3-4H,9-10H2,1-2H3;1-2H3. The molecule has 0 saturated heterocycles. The molecule has 0 bridgehead atoms. The molecule has 4 N–H and O–H groups in total. The molecule has 0 aliphatic heterocycles. The third-order valence-electron chi connectivity index (χ3n) is 1.49. The molecule has 3 heteroatoms. The normalized spacial score (nSPS) is 8.92. The summed E-state index contributed by atoms with van der Waals surface area (Å²) in [6.07, 6.45) is 1.97. The first-order valence-electron chi connectivity index (χ1n) is 4.34. The Hall–Kier alpha value is -0.830. The zero-order valence-corrected chi connectivity index (χ0v) is 9.53. The topological polar surface area (TPSA) is 52.0 Å². The predicted molar refractivity (Wildman–Crippen MR) is 63.1 cm³/mol. The number of hydrogen-bond acceptors (Lipinski definition) is 3. The lowest BCUT2D eigenvalue weighted by molar-refractivity contribution is 1.39. The van der Waals surface area contributed by atoms with Crippen molar-refractivity contribution in [2.45, 2.75) is 25.7 Å². The van der Waals surface area contributed by atoms with Gasteiger partial charge in [0.25, 0.3) is 0 Å². The van der Waals surface area contributed by atoms with Gasteiger partial charge in [-0.05, 0) is 30.9 Å². The second-order valence-corrected chi connectivity index (χ2v) is 3.29. The van der Waals surface area contributed by atoms with Crippen LogP contribution in [0.15, 0.2) is 17.0 Å². The lowest BCUT2D eigenvalue weighted by Gasteiger charge is -2.06. The Morgan fingerprint density at radius 1 is 1.08 bits per heavy atom. The number of anilines is 2. The minimum Gasteiger partial charge on any atom is -0.398 e. The molecule has 0 radical (unpaired) electrons. The maximum absolute atomic E-state index is 5.73. The number of nitrogens with two attached hydrogens (primary N) is 2. The lowest BCUT2D eigenvalue weighted by Crippen LogP contribution is -1.95. The molecule has 0 aliphatic carbocycles. The molecule has 0 spiro atoms. The molecule has 0 saturated carbocycles. The fourth-order valence-corrected chi connectivity index (χ4v) is 1.65. The smallest absolute Gasteiger partial charge is 0.0530 e.